The van der Waals surface area contributed by atoms with Crippen molar-refractivity contribution in [3.63, 3.8) is 0 Å². The number of nitrogens with zero attached hydrogens (tertiary/aromatic N) is 1. The summed E-state index contributed by atoms with van der Waals surface area (Å²) in [7, 11) is -4.07. The maximum Gasteiger partial charge on any atom is 1.00 e. The van der Waals surface area contributed by atoms with Crippen molar-refractivity contribution in [1.29, 1.82) is 0 Å². The molecule has 0 aliphatic heterocycles. The van der Waals surface area contributed by atoms with E-state index in [1.807, 2.05) is 0 Å². The van der Waals surface area contributed by atoms with Gasteiger partial charge in [-0.1, -0.05) is 0 Å². The van der Waals surface area contributed by atoms with E-state index in [-0.39, 0.29) is 46.8 Å². The van der Waals surface area contributed by atoms with Gasteiger partial charge in [0.1, 0.15) is 4.90 Å². The molecule has 13 heavy (non-hydrogen) atoms. The van der Waals surface area contributed by atoms with Crippen molar-refractivity contribution >= 4 is 10.1 Å². The molecule has 0 saturated carbocycles. The van der Waals surface area contributed by atoms with Crippen molar-refractivity contribution in [2.24, 2.45) is 0 Å². The van der Waals surface area contributed by atoms with Crippen LogP contribution in [0.25, 0.3) is 0 Å². The molecule has 0 unspecified atom stereocenters. The van der Waals surface area contributed by atoms with Gasteiger partial charge in [0, 0.05) is 12.4 Å². The SMILES string of the molecule is O.O.O=S(=O)(O)c1cccnc1.[H-].[Na+]. The second-order valence-corrected chi connectivity index (χ2v) is 3.09. The third-order valence-corrected chi connectivity index (χ3v) is 1.77. The molecule has 8 heteroatoms. The molecule has 0 aliphatic rings. The van der Waals surface area contributed by atoms with E-state index >= 15 is 0 Å². The number of hydrogen-bond donors (Lipinski definition) is 1. The summed E-state index contributed by atoms with van der Waals surface area (Å²) in [5.41, 5.74) is 0. The average molecular weight is 219 g/mol. The van der Waals surface area contributed by atoms with Gasteiger partial charge in [-0.15, -0.1) is 0 Å². The van der Waals surface area contributed by atoms with E-state index < -0.39 is 10.1 Å². The Hall–Kier alpha value is -0.0200. The van der Waals surface area contributed by atoms with E-state index in [1.54, 1.807) is 0 Å². The monoisotopic (exact) mass is 219 g/mol. The minimum absolute atomic E-state index is 0. The van der Waals surface area contributed by atoms with Crippen molar-refractivity contribution in [1.82, 2.24) is 4.98 Å². The van der Waals surface area contributed by atoms with Gasteiger partial charge in [0.25, 0.3) is 10.1 Å². The van der Waals surface area contributed by atoms with Gasteiger partial charge < -0.3 is 12.4 Å². The Balaban J connectivity index is -0.000000125. The Morgan fingerprint density at radius 2 is 1.92 bits per heavy atom. The largest absolute Gasteiger partial charge is 1.00 e. The van der Waals surface area contributed by atoms with Gasteiger partial charge in [-0.05, 0) is 12.1 Å². The Morgan fingerprint density at radius 1 is 1.38 bits per heavy atom. The summed E-state index contributed by atoms with van der Waals surface area (Å²) in [6.45, 7) is 0. The molecular weight excluding hydrogens is 209 g/mol. The first kappa shape index (κ1) is 18.7. The van der Waals surface area contributed by atoms with Crippen molar-refractivity contribution < 1.29 is 54.9 Å². The fourth-order valence-electron chi connectivity index (χ4n) is 0.500. The molecule has 0 spiro atoms. The molecular formula is C5H10NNaO5S. The van der Waals surface area contributed by atoms with Gasteiger partial charge in [0.05, 0.1) is 0 Å². The predicted molar refractivity (Wildman–Crippen MR) is 42.4 cm³/mol. The van der Waals surface area contributed by atoms with Crippen LogP contribution in [0.15, 0.2) is 29.4 Å². The molecule has 0 amide bonds. The molecule has 1 heterocycles. The molecule has 6 nitrogen and oxygen atoms in total. The van der Waals surface area contributed by atoms with E-state index in [0.717, 1.165) is 6.20 Å². The van der Waals surface area contributed by atoms with Crippen molar-refractivity contribution in [3.05, 3.63) is 24.5 Å². The van der Waals surface area contributed by atoms with Gasteiger partial charge in [-0.2, -0.15) is 8.42 Å². The fraction of sp³-hybridized carbons (Fsp3) is 0. The minimum Gasteiger partial charge on any atom is -1.00 e. The maximum atomic E-state index is 10.3. The minimum atomic E-state index is -4.07. The number of hydrogen-bond acceptors (Lipinski definition) is 3. The van der Waals surface area contributed by atoms with Crippen LogP contribution in [-0.2, 0) is 10.1 Å². The standard InChI is InChI=1S/C5H5NO3S.Na.2H2O.H/c7-10(8,9)5-2-1-3-6-4-5;;;;/h1-4H,(H,7,8,9);;2*1H2;/q;+1;;;-1. The van der Waals surface area contributed by atoms with Crippen LogP contribution in [-0.4, -0.2) is 28.9 Å². The maximum absolute atomic E-state index is 10.3. The molecule has 0 atom stereocenters. The summed E-state index contributed by atoms with van der Waals surface area (Å²) in [6.07, 6.45) is 2.50. The smallest absolute Gasteiger partial charge is 1.00 e. The molecule has 1 rings (SSSR count). The summed E-state index contributed by atoms with van der Waals surface area (Å²) < 4.78 is 29.1. The molecule has 1 aromatic rings. The van der Waals surface area contributed by atoms with E-state index in [0.29, 0.717) is 0 Å². The van der Waals surface area contributed by atoms with Crippen LogP contribution < -0.4 is 29.6 Å². The first-order valence-corrected chi connectivity index (χ1v) is 3.92. The average Bonchev–Trinajstić information content (AvgIpc) is 1.88. The predicted octanol–water partition coefficient (Wildman–Crippen LogP) is -4.20. The Bertz CT molecular complexity index is 318. The number of rotatable bonds is 1. The molecule has 0 saturated heterocycles. The zero-order valence-corrected chi connectivity index (χ0v) is 9.75. The first-order chi connectivity index (χ1) is 4.61. The van der Waals surface area contributed by atoms with Gasteiger partial charge >= 0.3 is 29.6 Å². The summed E-state index contributed by atoms with van der Waals surface area (Å²) in [4.78, 5) is 3.33. The van der Waals surface area contributed by atoms with Gasteiger partial charge in [0.2, 0.25) is 0 Å². The van der Waals surface area contributed by atoms with Gasteiger partial charge in [-0.3, -0.25) is 9.54 Å². The zero-order valence-electron chi connectivity index (χ0n) is 7.93. The van der Waals surface area contributed by atoms with Crippen LogP contribution in [0.4, 0.5) is 0 Å². The molecule has 0 bridgehead atoms. The third kappa shape index (κ3) is 6.11. The molecule has 0 aromatic carbocycles. The summed E-state index contributed by atoms with van der Waals surface area (Å²) in [6, 6.07) is 2.70. The number of aromatic nitrogens is 1. The second kappa shape index (κ2) is 7.39. The Kier molecular flexibility index (Phi) is 10.6. The second-order valence-electron chi connectivity index (χ2n) is 1.66. The van der Waals surface area contributed by atoms with Crippen molar-refractivity contribution in [2.75, 3.05) is 0 Å². The fourth-order valence-corrected chi connectivity index (χ4v) is 0.944. The molecule has 0 radical (unpaired) electrons. The topological polar surface area (TPSA) is 130 Å². The van der Waals surface area contributed by atoms with E-state index in [2.05, 4.69) is 4.98 Å². The van der Waals surface area contributed by atoms with Crippen LogP contribution in [0.1, 0.15) is 1.43 Å². The molecule has 72 valence electrons. The summed E-state index contributed by atoms with van der Waals surface area (Å²) in [5.74, 6) is 0. The van der Waals surface area contributed by atoms with Gasteiger partial charge in [-0.25, -0.2) is 0 Å². The molecule has 0 fully saturated rings. The molecule has 0 aliphatic carbocycles. The zero-order chi connectivity index (χ0) is 7.61. The van der Waals surface area contributed by atoms with Crippen LogP contribution in [0.2, 0.25) is 0 Å². The third-order valence-electron chi connectivity index (χ3n) is 0.932. The van der Waals surface area contributed by atoms with Crippen LogP contribution in [0.3, 0.4) is 0 Å². The number of pyridine rings is 1. The van der Waals surface area contributed by atoms with Crippen LogP contribution in [0, 0.1) is 0 Å². The quantitative estimate of drug-likeness (QED) is 0.379. The summed E-state index contributed by atoms with van der Waals surface area (Å²) >= 11 is 0. The molecule has 5 N–H and O–H groups in total. The van der Waals surface area contributed by atoms with Crippen molar-refractivity contribution in [3.8, 4) is 0 Å². The first-order valence-electron chi connectivity index (χ1n) is 2.48. The van der Waals surface area contributed by atoms with E-state index in [9.17, 15) is 8.42 Å². The summed E-state index contributed by atoms with van der Waals surface area (Å²) in [5, 5.41) is 0. The van der Waals surface area contributed by atoms with Crippen LogP contribution in [0.5, 0.6) is 0 Å². The Morgan fingerprint density at radius 3 is 2.15 bits per heavy atom. The molecule has 1 aromatic heterocycles. The van der Waals surface area contributed by atoms with E-state index in [1.165, 1.54) is 18.3 Å². The van der Waals surface area contributed by atoms with Gasteiger partial charge in [0.15, 0.2) is 0 Å². The Labute approximate surface area is 99.1 Å². The van der Waals surface area contributed by atoms with Crippen molar-refractivity contribution in [2.45, 2.75) is 4.90 Å². The van der Waals surface area contributed by atoms with E-state index in [4.69, 9.17) is 4.55 Å². The normalized spacial score (nSPS) is 8.69. The van der Waals surface area contributed by atoms with Crippen LogP contribution >= 0.6 is 0 Å².